The van der Waals surface area contributed by atoms with Crippen LogP contribution in [0.2, 0.25) is 0 Å². The molecule has 2 atom stereocenters. The third kappa shape index (κ3) is 2.82. The van der Waals surface area contributed by atoms with Crippen LogP contribution in [0.3, 0.4) is 0 Å². The summed E-state index contributed by atoms with van der Waals surface area (Å²) in [5, 5.41) is 8.93. The van der Waals surface area contributed by atoms with Gasteiger partial charge in [0.2, 0.25) is 10.0 Å². The molecule has 0 bridgehead atoms. The number of aryl methyl sites for hydroxylation is 1. The van der Waals surface area contributed by atoms with Gasteiger partial charge < -0.3 is 4.74 Å². The number of hydrogen-bond donors (Lipinski definition) is 1. The summed E-state index contributed by atoms with van der Waals surface area (Å²) in [6.07, 6.45) is 0.705. The third-order valence-corrected chi connectivity index (χ3v) is 5.98. The van der Waals surface area contributed by atoms with Gasteiger partial charge in [-0.25, -0.2) is 13.1 Å². The summed E-state index contributed by atoms with van der Waals surface area (Å²) in [5.74, 6) is 0. The van der Waals surface area contributed by atoms with Gasteiger partial charge in [-0.2, -0.15) is 5.26 Å². The Hall–Kier alpha value is -1.42. The molecule has 0 aliphatic heterocycles. The molecule has 0 saturated heterocycles. The molecule has 0 spiro atoms. The van der Waals surface area contributed by atoms with E-state index in [-0.39, 0.29) is 22.5 Å². The van der Waals surface area contributed by atoms with Gasteiger partial charge in [-0.15, -0.1) is 0 Å². The molecule has 1 aromatic rings. The van der Waals surface area contributed by atoms with Crippen molar-refractivity contribution in [2.75, 3.05) is 7.11 Å². The standard InChI is InChI=1S/C15H20N2O3S/c1-10-5-6-11(9-16)7-12(10)21(18,19)17-13-8-14(20-4)15(13,2)3/h5-7,13-14,17H,8H2,1-4H3. The predicted molar refractivity (Wildman–Crippen MR) is 79.2 cm³/mol. The average molecular weight is 308 g/mol. The quantitative estimate of drug-likeness (QED) is 0.922. The van der Waals surface area contributed by atoms with Crippen molar-refractivity contribution in [3.05, 3.63) is 29.3 Å². The lowest BCUT2D eigenvalue weighted by Gasteiger charge is -2.51. The van der Waals surface area contributed by atoms with Crippen LogP contribution in [-0.2, 0) is 14.8 Å². The zero-order chi connectivity index (χ0) is 15.8. The monoisotopic (exact) mass is 308 g/mol. The van der Waals surface area contributed by atoms with Crippen LogP contribution in [0.4, 0.5) is 0 Å². The van der Waals surface area contributed by atoms with Gasteiger partial charge in [0.1, 0.15) is 0 Å². The van der Waals surface area contributed by atoms with E-state index in [1.54, 1.807) is 26.2 Å². The van der Waals surface area contributed by atoms with Crippen LogP contribution in [0.25, 0.3) is 0 Å². The molecule has 1 aliphatic carbocycles. The molecular formula is C15H20N2O3S. The van der Waals surface area contributed by atoms with E-state index in [9.17, 15) is 8.42 Å². The Balaban J connectivity index is 2.27. The topological polar surface area (TPSA) is 79.2 Å². The summed E-state index contributed by atoms with van der Waals surface area (Å²) in [5.41, 5.74) is 0.716. The number of rotatable bonds is 4. The van der Waals surface area contributed by atoms with Crippen LogP contribution in [0.1, 0.15) is 31.4 Å². The molecule has 0 radical (unpaired) electrons. The lowest BCUT2D eigenvalue weighted by Crippen LogP contribution is -2.61. The molecule has 0 amide bonds. The lowest BCUT2D eigenvalue weighted by atomic mass is 9.65. The Morgan fingerprint density at radius 1 is 1.43 bits per heavy atom. The van der Waals surface area contributed by atoms with Gasteiger partial charge in [0.05, 0.1) is 22.6 Å². The molecule has 1 N–H and O–H groups in total. The van der Waals surface area contributed by atoms with Crippen LogP contribution >= 0.6 is 0 Å². The Kier molecular flexibility index (Phi) is 4.11. The van der Waals surface area contributed by atoms with E-state index in [0.717, 1.165) is 0 Å². The van der Waals surface area contributed by atoms with Gasteiger partial charge in [0.15, 0.2) is 0 Å². The molecule has 0 heterocycles. The first kappa shape index (κ1) is 16.0. The highest BCUT2D eigenvalue weighted by Crippen LogP contribution is 2.43. The normalized spacial score (nSPS) is 24.1. The van der Waals surface area contributed by atoms with Crippen molar-refractivity contribution in [3.63, 3.8) is 0 Å². The fraction of sp³-hybridized carbons (Fsp3) is 0.533. The minimum absolute atomic E-state index is 0.0525. The Morgan fingerprint density at radius 3 is 2.62 bits per heavy atom. The molecule has 2 rings (SSSR count). The number of benzene rings is 1. The number of ether oxygens (including phenoxy) is 1. The smallest absolute Gasteiger partial charge is 0.241 e. The second kappa shape index (κ2) is 5.41. The van der Waals surface area contributed by atoms with Crippen molar-refractivity contribution in [2.24, 2.45) is 5.41 Å². The fourth-order valence-electron chi connectivity index (χ4n) is 2.70. The van der Waals surface area contributed by atoms with Gasteiger partial charge in [0.25, 0.3) is 0 Å². The molecule has 1 saturated carbocycles. The van der Waals surface area contributed by atoms with Crippen molar-refractivity contribution in [1.82, 2.24) is 4.72 Å². The van der Waals surface area contributed by atoms with E-state index in [1.165, 1.54) is 6.07 Å². The van der Waals surface area contributed by atoms with E-state index in [0.29, 0.717) is 17.5 Å². The second-order valence-electron chi connectivity index (χ2n) is 6.05. The van der Waals surface area contributed by atoms with E-state index < -0.39 is 10.0 Å². The zero-order valence-corrected chi connectivity index (χ0v) is 13.5. The number of nitrogens with zero attached hydrogens (tertiary/aromatic N) is 1. The van der Waals surface area contributed by atoms with Crippen molar-refractivity contribution >= 4 is 10.0 Å². The second-order valence-corrected chi connectivity index (χ2v) is 7.73. The third-order valence-electron chi connectivity index (χ3n) is 4.37. The molecule has 2 unspecified atom stereocenters. The molecule has 1 fully saturated rings. The van der Waals surface area contributed by atoms with Crippen LogP contribution in [0, 0.1) is 23.7 Å². The number of sulfonamides is 1. The summed E-state index contributed by atoms with van der Waals surface area (Å²) in [6, 6.07) is 6.48. The van der Waals surface area contributed by atoms with E-state index in [1.807, 2.05) is 19.9 Å². The summed E-state index contributed by atoms with van der Waals surface area (Å²) >= 11 is 0. The zero-order valence-electron chi connectivity index (χ0n) is 12.7. The van der Waals surface area contributed by atoms with Crippen LogP contribution in [-0.4, -0.2) is 27.7 Å². The Labute approximate surface area is 126 Å². The highest BCUT2D eigenvalue weighted by molar-refractivity contribution is 7.89. The molecule has 114 valence electrons. The molecule has 0 aromatic heterocycles. The number of methoxy groups -OCH3 is 1. The minimum Gasteiger partial charge on any atom is -0.381 e. The van der Waals surface area contributed by atoms with Crippen molar-refractivity contribution in [2.45, 2.75) is 44.2 Å². The SMILES string of the molecule is COC1CC(NS(=O)(=O)c2cc(C#N)ccc2C)C1(C)C. The van der Waals surface area contributed by atoms with Gasteiger partial charge in [0, 0.05) is 18.6 Å². The highest BCUT2D eigenvalue weighted by atomic mass is 32.2. The molecular weight excluding hydrogens is 288 g/mol. The van der Waals surface area contributed by atoms with Crippen LogP contribution in [0.5, 0.6) is 0 Å². The first-order valence-corrected chi connectivity index (χ1v) is 8.26. The maximum Gasteiger partial charge on any atom is 0.241 e. The summed E-state index contributed by atoms with van der Waals surface area (Å²) in [4.78, 5) is 0.165. The molecule has 1 aliphatic rings. The predicted octanol–water partition coefficient (Wildman–Crippen LogP) is 1.96. The maximum atomic E-state index is 12.5. The Morgan fingerprint density at radius 2 is 2.10 bits per heavy atom. The van der Waals surface area contributed by atoms with Gasteiger partial charge in [-0.1, -0.05) is 19.9 Å². The number of nitriles is 1. The first-order valence-electron chi connectivity index (χ1n) is 6.78. The average Bonchev–Trinajstić information content (AvgIpc) is 2.43. The van der Waals surface area contributed by atoms with Gasteiger partial charge in [-0.3, -0.25) is 0 Å². The van der Waals surface area contributed by atoms with Crippen LogP contribution < -0.4 is 4.72 Å². The first-order chi connectivity index (χ1) is 9.72. The minimum atomic E-state index is -3.64. The maximum absolute atomic E-state index is 12.5. The summed E-state index contributed by atoms with van der Waals surface area (Å²) in [7, 11) is -2.01. The largest absolute Gasteiger partial charge is 0.381 e. The van der Waals surface area contributed by atoms with Crippen molar-refractivity contribution in [3.8, 4) is 6.07 Å². The van der Waals surface area contributed by atoms with E-state index >= 15 is 0 Å². The van der Waals surface area contributed by atoms with Gasteiger partial charge >= 0.3 is 0 Å². The van der Waals surface area contributed by atoms with Crippen molar-refractivity contribution < 1.29 is 13.2 Å². The number of hydrogen-bond acceptors (Lipinski definition) is 4. The molecule has 6 heteroatoms. The summed E-state index contributed by atoms with van der Waals surface area (Å²) in [6.45, 7) is 5.69. The van der Waals surface area contributed by atoms with Gasteiger partial charge in [-0.05, 0) is 31.0 Å². The van der Waals surface area contributed by atoms with E-state index in [4.69, 9.17) is 10.00 Å². The van der Waals surface area contributed by atoms with Crippen molar-refractivity contribution in [1.29, 1.82) is 5.26 Å². The number of nitrogens with one attached hydrogen (secondary N) is 1. The molecule has 21 heavy (non-hydrogen) atoms. The highest BCUT2D eigenvalue weighted by Gasteiger charge is 2.50. The lowest BCUT2D eigenvalue weighted by molar-refractivity contribution is -0.0908. The van der Waals surface area contributed by atoms with Crippen LogP contribution in [0.15, 0.2) is 23.1 Å². The Bertz CT molecular complexity index is 689. The van der Waals surface area contributed by atoms with E-state index in [2.05, 4.69) is 4.72 Å². The summed E-state index contributed by atoms with van der Waals surface area (Å²) < 4.78 is 33.2. The molecule has 1 aromatic carbocycles. The fourth-order valence-corrected chi connectivity index (χ4v) is 4.37. The molecule has 5 nitrogen and oxygen atoms in total.